The molecular formula is C29H31FN4O4S. The Bertz CT molecular complexity index is 1310. The maximum absolute atomic E-state index is 14.6. The molecule has 0 saturated carbocycles. The Hall–Kier alpha value is -3.60. The third-order valence-corrected chi connectivity index (χ3v) is 7.94. The van der Waals surface area contributed by atoms with E-state index in [9.17, 15) is 14.0 Å². The number of hydrazone groups is 1. The van der Waals surface area contributed by atoms with Crippen molar-refractivity contribution in [2.75, 3.05) is 53.0 Å². The van der Waals surface area contributed by atoms with E-state index in [1.807, 2.05) is 17.5 Å². The third-order valence-electron chi connectivity index (χ3n) is 6.96. The molecule has 0 bridgehead atoms. The van der Waals surface area contributed by atoms with Crippen LogP contribution in [0.25, 0.3) is 0 Å². The summed E-state index contributed by atoms with van der Waals surface area (Å²) >= 11 is 1.53. The number of rotatable bonds is 9. The molecule has 3 heterocycles. The van der Waals surface area contributed by atoms with Gasteiger partial charge in [0.05, 0.1) is 32.1 Å². The Kier molecular flexibility index (Phi) is 8.65. The van der Waals surface area contributed by atoms with Gasteiger partial charge in [0.1, 0.15) is 18.1 Å². The number of morpholine rings is 1. The summed E-state index contributed by atoms with van der Waals surface area (Å²) in [5.74, 6) is -0.293. The van der Waals surface area contributed by atoms with E-state index in [0.29, 0.717) is 55.3 Å². The van der Waals surface area contributed by atoms with Gasteiger partial charge in [-0.25, -0.2) is 9.40 Å². The highest BCUT2D eigenvalue weighted by Gasteiger charge is 2.35. The number of carbonyl (C=O) groups excluding carboxylic acids is 2. The predicted molar refractivity (Wildman–Crippen MR) is 148 cm³/mol. The van der Waals surface area contributed by atoms with E-state index in [-0.39, 0.29) is 30.2 Å². The zero-order valence-corrected chi connectivity index (χ0v) is 22.6. The molecule has 39 heavy (non-hydrogen) atoms. The summed E-state index contributed by atoms with van der Waals surface area (Å²) in [5, 5.41) is 7.97. The highest BCUT2D eigenvalue weighted by molar-refractivity contribution is 7.10. The second-order valence-electron chi connectivity index (χ2n) is 9.41. The summed E-state index contributed by atoms with van der Waals surface area (Å²) in [6.07, 6.45) is 0.396. The van der Waals surface area contributed by atoms with E-state index in [1.54, 1.807) is 54.5 Å². The number of hydrogen-bond donors (Lipinski definition) is 0. The lowest BCUT2D eigenvalue weighted by Crippen LogP contribution is -2.46. The molecule has 0 radical (unpaired) electrons. The molecule has 5 rings (SSSR count). The SMILES string of the molecule is COc1ccc(C(=O)N(CCN2CCOCC2)CC(=O)N2N=C(c3ccccc3F)CC2c2cccs2)cc1. The number of nitrogens with zero attached hydrogens (tertiary/aromatic N) is 4. The van der Waals surface area contributed by atoms with Gasteiger partial charge < -0.3 is 14.4 Å². The molecule has 1 saturated heterocycles. The van der Waals surface area contributed by atoms with Gasteiger partial charge in [-0.3, -0.25) is 14.5 Å². The van der Waals surface area contributed by atoms with Gasteiger partial charge in [0, 0.05) is 48.6 Å². The Morgan fingerprint density at radius 2 is 1.87 bits per heavy atom. The predicted octanol–water partition coefficient (Wildman–Crippen LogP) is 4.05. The molecule has 0 aliphatic carbocycles. The maximum Gasteiger partial charge on any atom is 0.262 e. The number of ether oxygens (including phenoxy) is 2. The molecule has 1 fully saturated rings. The quantitative estimate of drug-likeness (QED) is 0.402. The van der Waals surface area contributed by atoms with Crippen LogP contribution in [-0.4, -0.2) is 85.4 Å². The minimum atomic E-state index is -0.378. The van der Waals surface area contributed by atoms with Crippen LogP contribution in [0.3, 0.4) is 0 Å². The summed E-state index contributed by atoms with van der Waals surface area (Å²) in [6, 6.07) is 16.8. The lowest BCUT2D eigenvalue weighted by molar-refractivity contribution is -0.133. The summed E-state index contributed by atoms with van der Waals surface area (Å²) in [6.45, 7) is 3.70. The smallest absolute Gasteiger partial charge is 0.262 e. The molecule has 1 unspecified atom stereocenters. The molecule has 2 amide bonds. The van der Waals surface area contributed by atoms with Gasteiger partial charge in [-0.2, -0.15) is 5.10 Å². The van der Waals surface area contributed by atoms with E-state index in [1.165, 1.54) is 22.4 Å². The first-order valence-electron chi connectivity index (χ1n) is 12.9. The Labute approximate surface area is 231 Å². The summed E-state index contributed by atoms with van der Waals surface area (Å²) in [4.78, 5) is 32.1. The topological polar surface area (TPSA) is 74.7 Å². The van der Waals surface area contributed by atoms with Crippen LogP contribution in [0.1, 0.15) is 33.3 Å². The number of amides is 2. The van der Waals surface area contributed by atoms with Crippen molar-refractivity contribution in [3.8, 4) is 5.75 Å². The van der Waals surface area contributed by atoms with Crippen molar-refractivity contribution >= 4 is 28.9 Å². The van der Waals surface area contributed by atoms with Crippen molar-refractivity contribution in [3.63, 3.8) is 0 Å². The van der Waals surface area contributed by atoms with Crippen LogP contribution in [-0.2, 0) is 9.53 Å². The van der Waals surface area contributed by atoms with Gasteiger partial charge in [-0.15, -0.1) is 11.3 Å². The third kappa shape index (κ3) is 6.35. The lowest BCUT2D eigenvalue weighted by Gasteiger charge is -2.31. The van der Waals surface area contributed by atoms with Crippen molar-refractivity contribution < 1.29 is 23.5 Å². The highest BCUT2D eigenvalue weighted by atomic mass is 32.1. The van der Waals surface area contributed by atoms with Crippen LogP contribution < -0.4 is 4.74 Å². The summed E-state index contributed by atoms with van der Waals surface area (Å²) in [7, 11) is 1.57. The number of methoxy groups -OCH3 is 1. The van der Waals surface area contributed by atoms with E-state index in [2.05, 4.69) is 10.0 Å². The van der Waals surface area contributed by atoms with E-state index >= 15 is 0 Å². The largest absolute Gasteiger partial charge is 0.497 e. The summed E-state index contributed by atoms with van der Waals surface area (Å²) < 4.78 is 25.3. The van der Waals surface area contributed by atoms with Crippen LogP contribution in [0.2, 0.25) is 0 Å². The van der Waals surface area contributed by atoms with Gasteiger partial charge in [0.2, 0.25) is 0 Å². The first-order chi connectivity index (χ1) is 19.0. The number of benzene rings is 2. The van der Waals surface area contributed by atoms with Gasteiger partial charge in [0.25, 0.3) is 11.8 Å². The van der Waals surface area contributed by atoms with Crippen molar-refractivity contribution in [2.24, 2.45) is 5.10 Å². The molecule has 0 N–H and O–H groups in total. The fourth-order valence-corrected chi connectivity index (χ4v) is 5.60. The average Bonchev–Trinajstić information content (AvgIpc) is 3.66. The molecule has 1 atom stereocenters. The molecule has 10 heteroatoms. The Balaban J connectivity index is 1.39. The van der Waals surface area contributed by atoms with Crippen LogP contribution in [0, 0.1) is 5.82 Å². The second-order valence-corrected chi connectivity index (χ2v) is 10.4. The van der Waals surface area contributed by atoms with Crippen molar-refractivity contribution in [1.29, 1.82) is 0 Å². The van der Waals surface area contributed by atoms with Crippen molar-refractivity contribution in [2.45, 2.75) is 12.5 Å². The van der Waals surface area contributed by atoms with Gasteiger partial charge in [-0.1, -0.05) is 24.3 Å². The van der Waals surface area contributed by atoms with E-state index < -0.39 is 0 Å². The monoisotopic (exact) mass is 550 g/mol. The van der Waals surface area contributed by atoms with Crippen LogP contribution >= 0.6 is 11.3 Å². The van der Waals surface area contributed by atoms with Crippen molar-refractivity contribution in [1.82, 2.24) is 14.8 Å². The first-order valence-corrected chi connectivity index (χ1v) is 13.8. The van der Waals surface area contributed by atoms with E-state index in [4.69, 9.17) is 9.47 Å². The maximum atomic E-state index is 14.6. The molecule has 0 spiro atoms. The van der Waals surface area contributed by atoms with E-state index in [0.717, 1.165) is 18.0 Å². The van der Waals surface area contributed by atoms with Crippen molar-refractivity contribution in [3.05, 3.63) is 87.9 Å². The average molecular weight is 551 g/mol. The first kappa shape index (κ1) is 27.0. The van der Waals surface area contributed by atoms with Crippen LogP contribution in [0.4, 0.5) is 4.39 Å². The molecule has 2 aliphatic rings. The fourth-order valence-electron chi connectivity index (χ4n) is 4.79. The normalized spacial score (nSPS) is 17.6. The van der Waals surface area contributed by atoms with Gasteiger partial charge >= 0.3 is 0 Å². The molecule has 204 valence electrons. The van der Waals surface area contributed by atoms with Gasteiger partial charge in [0.15, 0.2) is 0 Å². The lowest BCUT2D eigenvalue weighted by atomic mass is 10.0. The Morgan fingerprint density at radius 3 is 2.56 bits per heavy atom. The number of thiophene rings is 1. The molecule has 3 aromatic rings. The zero-order valence-electron chi connectivity index (χ0n) is 21.8. The summed E-state index contributed by atoms with van der Waals surface area (Å²) in [5.41, 5.74) is 1.37. The fraction of sp³-hybridized carbons (Fsp3) is 0.345. The molecular weight excluding hydrogens is 519 g/mol. The molecule has 1 aromatic heterocycles. The Morgan fingerprint density at radius 1 is 1.10 bits per heavy atom. The minimum Gasteiger partial charge on any atom is -0.497 e. The van der Waals surface area contributed by atoms with Crippen LogP contribution in [0.5, 0.6) is 5.75 Å². The second kappa shape index (κ2) is 12.5. The molecule has 2 aliphatic heterocycles. The number of halogens is 1. The number of carbonyl (C=O) groups is 2. The zero-order chi connectivity index (χ0) is 27.2. The van der Waals surface area contributed by atoms with Crippen LogP contribution in [0.15, 0.2) is 71.1 Å². The molecule has 2 aromatic carbocycles. The highest BCUT2D eigenvalue weighted by Crippen LogP contribution is 2.35. The van der Waals surface area contributed by atoms with Gasteiger partial charge in [-0.05, 0) is 41.8 Å². The standard InChI is InChI=1S/C29H31FN4O4S/c1-37-22-10-8-21(9-11-22)29(36)33(13-12-32-14-16-38-17-15-32)20-28(35)34-26(27-7-4-18-39-27)19-25(31-34)23-5-2-3-6-24(23)30/h2-11,18,26H,12-17,19-20H2,1H3. The minimum absolute atomic E-state index is 0.148. The molecule has 8 nitrogen and oxygen atoms in total. The number of hydrogen-bond acceptors (Lipinski definition) is 7.